The Morgan fingerprint density at radius 3 is 3.10 bits per heavy atom. The van der Waals surface area contributed by atoms with E-state index >= 15 is 0 Å². The van der Waals surface area contributed by atoms with Gasteiger partial charge in [0, 0.05) is 19.1 Å². The molecule has 1 unspecified atom stereocenters. The molecule has 116 valence electrons. The number of carbonyl (C=O) groups is 1. The van der Waals surface area contributed by atoms with Gasteiger partial charge in [-0.1, -0.05) is 6.42 Å². The first-order valence-corrected chi connectivity index (χ1v) is 7.38. The van der Waals surface area contributed by atoms with Gasteiger partial charge in [-0.25, -0.2) is 0 Å². The summed E-state index contributed by atoms with van der Waals surface area (Å²) >= 11 is 0. The van der Waals surface area contributed by atoms with Crippen LogP contribution in [0.15, 0.2) is 17.2 Å². The van der Waals surface area contributed by atoms with Crippen LogP contribution in [0.25, 0.3) is 0 Å². The summed E-state index contributed by atoms with van der Waals surface area (Å²) < 4.78 is 0. The van der Waals surface area contributed by atoms with Crippen LogP contribution in [0.5, 0.6) is 0 Å². The Labute approximate surface area is 123 Å². The standard InChI is InChI=1S/C14H22N4O3/c19-10-11-4-1-2-6-18(11)7-3-5-16-14(21)12-8-15-9-13(20)17-12/h8-9,11,19H,1-7,10H2,(H,16,21)(H,17,20). The molecule has 1 aliphatic rings. The van der Waals surface area contributed by atoms with E-state index in [9.17, 15) is 14.7 Å². The van der Waals surface area contributed by atoms with E-state index in [1.165, 1.54) is 19.0 Å². The van der Waals surface area contributed by atoms with Gasteiger partial charge in [0.05, 0.1) is 19.0 Å². The lowest BCUT2D eigenvalue weighted by molar-refractivity contribution is 0.0866. The van der Waals surface area contributed by atoms with Crippen LogP contribution in [-0.2, 0) is 0 Å². The summed E-state index contributed by atoms with van der Waals surface area (Å²) in [7, 11) is 0. The third kappa shape index (κ3) is 4.64. The van der Waals surface area contributed by atoms with E-state index in [1.807, 2.05) is 0 Å². The molecule has 2 heterocycles. The van der Waals surface area contributed by atoms with E-state index in [0.717, 1.165) is 32.1 Å². The summed E-state index contributed by atoms with van der Waals surface area (Å²) in [4.78, 5) is 31.3. The SMILES string of the molecule is O=C(NCCCN1CCCCC1CO)c1cncc(=O)[nH]1. The number of amides is 1. The van der Waals surface area contributed by atoms with Crippen molar-refractivity contribution in [1.29, 1.82) is 0 Å². The maximum absolute atomic E-state index is 11.8. The molecule has 7 heteroatoms. The number of rotatable bonds is 6. The van der Waals surface area contributed by atoms with Gasteiger partial charge in [-0.3, -0.25) is 19.5 Å². The molecule has 1 aromatic heterocycles. The van der Waals surface area contributed by atoms with Crippen LogP contribution < -0.4 is 10.9 Å². The summed E-state index contributed by atoms with van der Waals surface area (Å²) in [5, 5.41) is 12.1. The number of aliphatic hydroxyl groups excluding tert-OH is 1. The highest BCUT2D eigenvalue weighted by molar-refractivity contribution is 5.91. The topological polar surface area (TPSA) is 98.3 Å². The van der Waals surface area contributed by atoms with E-state index in [0.29, 0.717) is 6.54 Å². The lowest BCUT2D eigenvalue weighted by atomic mass is 10.0. The van der Waals surface area contributed by atoms with Gasteiger partial charge in [0.2, 0.25) is 0 Å². The Balaban J connectivity index is 1.72. The average Bonchev–Trinajstić information content (AvgIpc) is 2.51. The predicted molar refractivity (Wildman–Crippen MR) is 78.1 cm³/mol. The van der Waals surface area contributed by atoms with Crippen LogP contribution in [0.4, 0.5) is 0 Å². The summed E-state index contributed by atoms with van der Waals surface area (Å²) in [6.45, 7) is 2.60. The fourth-order valence-corrected chi connectivity index (χ4v) is 2.63. The van der Waals surface area contributed by atoms with Gasteiger partial charge >= 0.3 is 0 Å². The molecule has 1 atom stereocenters. The largest absolute Gasteiger partial charge is 0.395 e. The summed E-state index contributed by atoms with van der Waals surface area (Å²) in [6, 6.07) is 0.254. The molecule has 0 spiro atoms. The smallest absolute Gasteiger partial charge is 0.269 e. The zero-order valence-electron chi connectivity index (χ0n) is 12.0. The third-order valence-corrected chi connectivity index (χ3v) is 3.77. The number of piperidine rings is 1. The molecular weight excluding hydrogens is 272 g/mol. The second-order valence-corrected chi connectivity index (χ2v) is 5.29. The predicted octanol–water partition coefficient (Wildman–Crippen LogP) is -0.263. The fourth-order valence-electron chi connectivity index (χ4n) is 2.63. The molecule has 1 aromatic rings. The van der Waals surface area contributed by atoms with Crippen LogP contribution in [0, 0.1) is 0 Å². The summed E-state index contributed by atoms with van der Waals surface area (Å²) in [6.07, 6.45) is 6.66. The second-order valence-electron chi connectivity index (χ2n) is 5.29. The molecule has 2 rings (SSSR count). The molecule has 1 fully saturated rings. The van der Waals surface area contributed by atoms with Crippen molar-refractivity contribution >= 4 is 5.91 Å². The minimum atomic E-state index is -0.387. The minimum Gasteiger partial charge on any atom is -0.395 e. The van der Waals surface area contributed by atoms with Gasteiger partial charge in [-0.05, 0) is 25.8 Å². The maximum atomic E-state index is 11.8. The fraction of sp³-hybridized carbons (Fsp3) is 0.643. The summed E-state index contributed by atoms with van der Waals surface area (Å²) in [5.74, 6) is -0.322. The van der Waals surface area contributed by atoms with Crippen molar-refractivity contribution in [2.24, 2.45) is 0 Å². The van der Waals surface area contributed by atoms with Gasteiger partial charge < -0.3 is 15.4 Å². The molecule has 1 amide bonds. The van der Waals surface area contributed by atoms with E-state index in [2.05, 4.69) is 20.2 Å². The van der Waals surface area contributed by atoms with Gasteiger partial charge in [0.1, 0.15) is 5.69 Å². The minimum absolute atomic E-state index is 0.175. The van der Waals surface area contributed by atoms with Crippen molar-refractivity contribution in [1.82, 2.24) is 20.2 Å². The normalized spacial score (nSPS) is 19.4. The van der Waals surface area contributed by atoms with Gasteiger partial charge in [0.15, 0.2) is 0 Å². The number of carbonyl (C=O) groups excluding carboxylic acids is 1. The quantitative estimate of drug-likeness (QED) is 0.628. The average molecular weight is 294 g/mol. The number of aromatic amines is 1. The first-order valence-electron chi connectivity index (χ1n) is 7.38. The van der Waals surface area contributed by atoms with Crippen LogP contribution in [0.3, 0.4) is 0 Å². The molecule has 0 aromatic carbocycles. The zero-order valence-corrected chi connectivity index (χ0v) is 12.0. The van der Waals surface area contributed by atoms with E-state index in [-0.39, 0.29) is 29.8 Å². The molecule has 1 aliphatic heterocycles. The van der Waals surface area contributed by atoms with Crippen molar-refractivity contribution in [2.45, 2.75) is 31.7 Å². The molecule has 0 radical (unpaired) electrons. The van der Waals surface area contributed by atoms with E-state index in [4.69, 9.17) is 0 Å². The molecule has 0 bridgehead atoms. The van der Waals surface area contributed by atoms with Crippen LogP contribution in [0.2, 0.25) is 0 Å². The van der Waals surface area contributed by atoms with Crippen molar-refractivity contribution in [3.8, 4) is 0 Å². The Morgan fingerprint density at radius 1 is 1.48 bits per heavy atom. The molecule has 7 nitrogen and oxygen atoms in total. The van der Waals surface area contributed by atoms with Crippen LogP contribution in [0.1, 0.15) is 36.2 Å². The lowest BCUT2D eigenvalue weighted by Gasteiger charge is -2.34. The monoisotopic (exact) mass is 294 g/mol. The highest BCUT2D eigenvalue weighted by Crippen LogP contribution is 2.16. The number of nitrogens with zero attached hydrogens (tertiary/aromatic N) is 2. The highest BCUT2D eigenvalue weighted by atomic mass is 16.3. The van der Waals surface area contributed by atoms with Crippen LogP contribution >= 0.6 is 0 Å². The van der Waals surface area contributed by atoms with Crippen molar-refractivity contribution < 1.29 is 9.90 Å². The third-order valence-electron chi connectivity index (χ3n) is 3.77. The molecule has 3 N–H and O–H groups in total. The van der Waals surface area contributed by atoms with Crippen molar-refractivity contribution in [3.63, 3.8) is 0 Å². The molecule has 21 heavy (non-hydrogen) atoms. The van der Waals surface area contributed by atoms with Crippen molar-refractivity contribution in [3.05, 3.63) is 28.4 Å². The lowest BCUT2D eigenvalue weighted by Crippen LogP contribution is -2.43. The first kappa shape index (κ1) is 15.7. The second kappa shape index (κ2) is 7.90. The van der Waals surface area contributed by atoms with E-state index < -0.39 is 0 Å². The Bertz CT molecular complexity index is 517. The number of aliphatic hydroxyl groups is 1. The highest BCUT2D eigenvalue weighted by Gasteiger charge is 2.20. The molecule has 0 saturated carbocycles. The zero-order chi connectivity index (χ0) is 15.1. The van der Waals surface area contributed by atoms with Gasteiger partial charge in [-0.15, -0.1) is 0 Å². The number of nitrogens with one attached hydrogen (secondary N) is 2. The first-order chi connectivity index (χ1) is 10.2. The van der Waals surface area contributed by atoms with Gasteiger partial charge in [0.25, 0.3) is 11.5 Å². The van der Waals surface area contributed by atoms with Gasteiger partial charge in [-0.2, -0.15) is 0 Å². The maximum Gasteiger partial charge on any atom is 0.269 e. The molecule has 1 saturated heterocycles. The molecule has 0 aliphatic carbocycles. The van der Waals surface area contributed by atoms with Crippen LogP contribution in [-0.4, -0.2) is 58.2 Å². The number of hydrogen-bond donors (Lipinski definition) is 3. The Kier molecular flexibility index (Phi) is 5.89. The Hall–Kier alpha value is -1.73. The summed E-state index contributed by atoms with van der Waals surface area (Å²) in [5.41, 5.74) is -0.213. The number of hydrogen-bond acceptors (Lipinski definition) is 5. The Morgan fingerprint density at radius 2 is 2.33 bits per heavy atom. The number of aromatic nitrogens is 2. The molecular formula is C14H22N4O3. The number of H-pyrrole nitrogens is 1. The number of likely N-dealkylation sites (tertiary alicyclic amines) is 1. The van der Waals surface area contributed by atoms with Crippen molar-refractivity contribution in [2.75, 3.05) is 26.2 Å². The van der Waals surface area contributed by atoms with E-state index in [1.54, 1.807) is 0 Å².